The van der Waals surface area contributed by atoms with Crippen LogP contribution in [0.1, 0.15) is 30.7 Å². The number of esters is 1. The first kappa shape index (κ1) is 18.6. The van der Waals surface area contributed by atoms with Crippen LogP contribution in [-0.4, -0.2) is 61.5 Å². The molecule has 0 radical (unpaired) electrons. The van der Waals surface area contributed by atoms with Gasteiger partial charge in [-0.2, -0.15) is 0 Å². The maximum atomic E-state index is 12.6. The van der Waals surface area contributed by atoms with E-state index in [-0.39, 0.29) is 29.8 Å². The standard InChI is InChI=1S/C19H25IN2O3/c1-21(2)17(23)11-22-14-8-9-16(22)18(19(24)25-3)15(10-14)12-4-6-13(20)7-5-12/h4-7,14-16,18H,8-11H2,1-3H3/t14?,15-,16?,18+/m1/s1. The van der Waals surface area contributed by atoms with Gasteiger partial charge in [0.15, 0.2) is 0 Å². The second-order valence-corrected chi connectivity index (χ2v) is 8.45. The average molecular weight is 456 g/mol. The molecule has 2 unspecified atom stereocenters. The summed E-state index contributed by atoms with van der Waals surface area (Å²) in [7, 11) is 5.02. The molecule has 5 nitrogen and oxygen atoms in total. The number of hydrogen-bond donors (Lipinski definition) is 0. The zero-order chi connectivity index (χ0) is 18.1. The molecule has 0 spiro atoms. The first-order valence-electron chi connectivity index (χ1n) is 8.71. The Hall–Kier alpha value is -1.15. The van der Waals surface area contributed by atoms with Crippen LogP contribution in [0, 0.1) is 9.49 Å². The summed E-state index contributed by atoms with van der Waals surface area (Å²) < 4.78 is 6.34. The quantitative estimate of drug-likeness (QED) is 0.516. The van der Waals surface area contributed by atoms with Crippen molar-refractivity contribution in [2.45, 2.75) is 37.3 Å². The first-order chi connectivity index (χ1) is 11.9. The van der Waals surface area contributed by atoms with E-state index in [0.29, 0.717) is 12.6 Å². The molecule has 2 saturated heterocycles. The van der Waals surface area contributed by atoms with E-state index in [9.17, 15) is 9.59 Å². The minimum Gasteiger partial charge on any atom is -0.469 e. The SMILES string of the molecule is COC(=O)[C@@H]1C2CCC(C[C@@H]1c1ccc(I)cc1)N2CC(=O)N(C)C. The van der Waals surface area contributed by atoms with Crippen LogP contribution in [0.15, 0.2) is 24.3 Å². The molecule has 4 atom stereocenters. The van der Waals surface area contributed by atoms with E-state index in [1.807, 2.05) is 0 Å². The highest BCUT2D eigenvalue weighted by molar-refractivity contribution is 14.1. The number of piperidine rings is 1. The van der Waals surface area contributed by atoms with Gasteiger partial charge in [0.05, 0.1) is 19.6 Å². The number of likely N-dealkylation sites (N-methyl/N-ethyl adjacent to an activating group) is 1. The number of rotatable bonds is 4. The predicted molar refractivity (Wildman–Crippen MR) is 104 cm³/mol. The van der Waals surface area contributed by atoms with Gasteiger partial charge in [0.2, 0.25) is 5.91 Å². The second kappa shape index (κ2) is 7.61. The minimum absolute atomic E-state index is 0.0828. The van der Waals surface area contributed by atoms with E-state index in [4.69, 9.17) is 4.74 Å². The molecule has 0 N–H and O–H groups in total. The number of fused-ring (bicyclic) bond motifs is 2. The highest BCUT2D eigenvalue weighted by Gasteiger charge is 2.51. The van der Waals surface area contributed by atoms with Crippen molar-refractivity contribution in [3.8, 4) is 0 Å². The summed E-state index contributed by atoms with van der Waals surface area (Å²) in [5, 5.41) is 0. The summed E-state index contributed by atoms with van der Waals surface area (Å²) in [5.41, 5.74) is 1.20. The maximum absolute atomic E-state index is 12.6. The molecule has 2 heterocycles. The van der Waals surface area contributed by atoms with Gasteiger partial charge in [-0.15, -0.1) is 0 Å². The summed E-state index contributed by atoms with van der Waals surface area (Å²) >= 11 is 2.29. The van der Waals surface area contributed by atoms with Crippen LogP contribution >= 0.6 is 22.6 Å². The molecule has 2 aliphatic rings. The molecule has 1 aromatic carbocycles. The number of amides is 1. The molecule has 1 amide bonds. The van der Waals surface area contributed by atoms with E-state index in [1.165, 1.54) is 16.2 Å². The van der Waals surface area contributed by atoms with Crippen molar-refractivity contribution in [3.05, 3.63) is 33.4 Å². The third-order valence-corrected chi connectivity index (χ3v) is 6.37. The molecule has 136 valence electrons. The fourth-order valence-electron chi connectivity index (χ4n) is 4.37. The summed E-state index contributed by atoms with van der Waals surface area (Å²) in [5.74, 6) is -0.115. The highest BCUT2D eigenvalue weighted by atomic mass is 127. The number of nitrogens with zero attached hydrogens (tertiary/aromatic N) is 2. The predicted octanol–water partition coefficient (Wildman–Crippen LogP) is 2.49. The molecule has 0 saturated carbocycles. The van der Waals surface area contributed by atoms with Gasteiger partial charge in [-0.3, -0.25) is 14.5 Å². The Labute approximate surface area is 162 Å². The van der Waals surface area contributed by atoms with Crippen molar-refractivity contribution >= 4 is 34.5 Å². The van der Waals surface area contributed by atoms with Gasteiger partial charge in [0.25, 0.3) is 0 Å². The molecule has 6 heteroatoms. The molecular formula is C19H25IN2O3. The lowest BCUT2D eigenvalue weighted by atomic mass is 9.76. The fraction of sp³-hybridized carbons (Fsp3) is 0.579. The average Bonchev–Trinajstić information content (AvgIpc) is 2.86. The Morgan fingerprint density at radius 1 is 1.24 bits per heavy atom. The second-order valence-electron chi connectivity index (χ2n) is 7.20. The number of ether oxygens (including phenoxy) is 1. The van der Waals surface area contributed by atoms with Gasteiger partial charge in [-0.05, 0) is 59.5 Å². The van der Waals surface area contributed by atoms with Crippen molar-refractivity contribution in [2.75, 3.05) is 27.7 Å². The van der Waals surface area contributed by atoms with Crippen molar-refractivity contribution in [1.29, 1.82) is 0 Å². The number of halogens is 1. The van der Waals surface area contributed by atoms with Crippen molar-refractivity contribution < 1.29 is 14.3 Å². The van der Waals surface area contributed by atoms with Crippen molar-refractivity contribution in [2.24, 2.45) is 5.92 Å². The number of carbonyl (C=O) groups excluding carboxylic acids is 2. The number of benzene rings is 1. The third-order valence-electron chi connectivity index (χ3n) is 5.65. The van der Waals surface area contributed by atoms with Gasteiger partial charge in [0, 0.05) is 35.7 Å². The Balaban J connectivity index is 1.89. The lowest BCUT2D eigenvalue weighted by molar-refractivity contribution is -0.152. The van der Waals surface area contributed by atoms with E-state index in [1.54, 1.807) is 19.0 Å². The molecular weight excluding hydrogens is 431 g/mol. The summed E-state index contributed by atoms with van der Waals surface area (Å²) in [6.45, 7) is 0.384. The molecule has 25 heavy (non-hydrogen) atoms. The Bertz CT molecular complexity index is 647. The smallest absolute Gasteiger partial charge is 0.310 e. The van der Waals surface area contributed by atoms with Crippen LogP contribution in [0.2, 0.25) is 0 Å². The lowest BCUT2D eigenvalue weighted by Gasteiger charge is -2.43. The number of carbonyl (C=O) groups is 2. The van der Waals surface area contributed by atoms with Crippen LogP contribution in [0.5, 0.6) is 0 Å². The van der Waals surface area contributed by atoms with E-state index < -0.39 is 0 Å². The summed E-state index contributed by atoms with van der Waals surface area (Å²) in [4.78, 5) is 28.7. The first-order valence-corrected chi connectivity index (χ1v) is 9.79. The largest absolute Gasteiger partial charge is 0.469 e. The maximum Gasteiger partial charge on any atom is 0.310 e. The van der Waals surface area contributed by atoms with Crippen LogP contribution in [0.3, 0.4) is 0 Å². The lowest BCUT2D eigenvalue weighted by Crippen LogP contribution is -2.53. The number of methoxy groups -OCH3 is 1. The Kier molecular flexibility index (Phi) is 5.68. The van der Waals surface area contributed by atoms with Crippen molar-refractivity contribution in [3.63, 3.8) is 0 Å². The van der Waals surface area contributed by atoms with Crippen LogP contribution in [0.25, 0.3) is 0 Å². The zero-order valence-electron chi connectivity index (χ0n) is 14.9. The van der Waals surface area contributed by atoms with Gasteiger partial charge in [-0.25, -0.2) is 0 Å². The molecule has 3 rings (SSSR count). The zero-order valence-corrected chi connectivity index (χ0v) is 17.1. The highest BCUT2D eigenvalue weighted by Crippen LogP contribution is 2.47. The Morgan fingerprint density at radius 2 is 1.92 bits per heavy atom. The fourth-order valence-corrected chi connectivity index (χ4v) is 4.73. The molecule has 0 aromatic heterocycles. The van der Waals surface area contributed by atoms with E-state index in [2.05, 4.69) is 51.8 Å². The minimum atomic E-state index is -0.209. The normalized spacial score (nSPS) is 28.6. The molecule has 2 fully saturated rings. The molecule has 2 aliphatic heterocycles. The third kappa shape index (κ3) is 3.69. The summed E-state index contributed by atoms with van der Waals surface area (Å²) in [6.07, 6.45) is 2.89. The monoisotopic (exact) mass is 456 g/mol. The Morgan fingerprint density at radius 3 is 2.52 bits per heavy atom. The van der Waals surface area contributed by atoms with Gasteiger partial charge in [-0.1, -0.05) is 12.1 Å². The van der Waals surface area contributed by atoms with E-state index >= 15 is 0 Å². The number of hydrogen-bond acceptors (Lipinski definition) is 4. The van der Waals surface area contributed by atoms with Crippen molar-refractivity contribution in [1.82, 2.24) is 9.80 Å². The van der Waals surface area contributed by atoms with Gasteiger partial charge < -0.3 is 9.64 Å². The van der Waals surface area contributed by atoms with Crippen LogP contribution in [-0.2, 0) is 14.3 Å². The van der Waals surface area contributed by atoms with E-state index in [0.717, 1.165) is 19.3 Å². The van der Waals surface area contributed by atoms with Gasteiger partial charge in [0.1, 0.15) is 0 Å². The molecule has 2 bridgehead atoms. The van der Waals surface area contributed by atoms with Crippen LogP contribution < -0.4 is 0 Å². The molecule has 1 aromatic rings. The van der Waals surface area contributed by atoms with Gasteiger partial charge >= 0.3 is 5.97 Å². The van der Waals surface area contributed by atoms with Crippen LogP contribution in [0.4, 0.5) is 0 Å². The summed E-state index contributed by atoms with van der Waals surface area (Å²) in [6, 6.07) is 8.88. The topological polar surface area (TPSA) is 49.9 Å². The molecule has 0 aliphatic carbocycles.